The predicted molar refractivity (Wildman–Crippen MR) is 65.0 cm³/mol. The summed E-state index contributed by atoms with van der Waals surface area (Å²) in [6.07, 6.45) is 0.260. The fourth-order valence-electron chi connectivity index (χ4n) is 1.37. The molecule has 0 aliphatic heterocycles. The van der Waals surface area contributed by atoms with Gasteiger partial charge in [0.25, 0.3) is 0 Å². The second kappa shape index (κ2) is 6.96. The van der Waals surface area contributed by atoms with Gasteiger partial charge in [0.15, 0.2) is 0 Å². The number of benzene rings is 1. The van der Waals surface area contributed by atoms with E-state index in [2.05, 4.69) is 5.32 Å². The molecule has 0 aliphatic rings. The summed E-state index contributed by atoms with van der Waals surface area (Å²) in [7, 11) is 0. The zero-order valence-electron chi connectivity index (χ0n) is 9.58. The number of halogens is 2. The van der Waals surface area contributed by atoms with E-state index in [0.29, 0.717) is 6.42 Å². The summed E-state index contributed by atoms with van der Waals surface area (Å²) in [4.78, 5) is 21.7. The maximum atomic E-state index is 13.4. The summed E-state index contributed by atoms with van der Waals surface area (Å²) < 4.78 is 13.4. The molecule has 0 aliphatic carbocycles. The Labute approximate surface area is 109 Å². The van der Waals surface area contributed by atoms with Gasteiger partial charge in [-0.25, -0.2) is 4.39 Å². The second-order valence-electron chi connectivity index (χ2n) is 3.76. The standard InChI is InChI=1S/C12H13ClFNO3/c13-9-4-3-8(10(14)7-9)6-11(16)15-5-1-2-12(17)18/h3-4,7H,1-2,5-6H2,(H,15,16)(H,17,18). The van der Waals surface area contributed by atoms with Gasteiger partial charge in [0.1, 0.15) is 5.82 Å². The van der Waals surface area contributed by atoms with Gasteiger partial charge in [-0.3, -0.25) is 9.59 Å². The van der Waals surface area contributed by atoms with Gasteiger partial charge in [-0.05, 0) is 24.1 Å². The molecular weight excluding hydrogens is 261 g/mol. The van der Waals surface area contributed by atoms with E-state index in [9.17, 15) is 14.0 Å². The Kier molecular flexibility index (Phi) is 5.58. The van der Waals surface area contributed by atoms with Crippen molar-refractivity contribution in [3.63, 3.8) is 0 Å². The minimum absolute atomic E-state index is 0.00438. The Hall–Kier alpha value is -1.62. The van der Waals surface area contributed by atoms with Crippen LogP contribution in [0.25, 0.3) is 0 Å². The van der Waals surface area contributed by atoms with Crippen LogP contribution < -0.4 is 5.32 Å². The van der Waals surface area contributed by atoms with Gasteiger partial charge in [0, 0.05) is 18.0 Å². The summed E-state index contributed by atoms with van der Waals surface area (Å²) in [6, 6.07) is 4.11. The Morgan fingerprint density at radius 2 is 2.11 bits per heavy atom. The highest BCUT2D eigenvalue weighted by Gasteiger charge is 2.08. The number of hydrogen-bond acceptors (Lipinski definition) is 2. The third-order valence-electron chi connectivity index (χ3n) is 2.26. The van der Waals surface area contributed by atoms with Gasteiger partial charge >= 0.3 is 5.97 Å². The fourth-order valence-corrected chi connectivity index (χ4v) is 1.53. The van der Waals surface area contributed by atoms with E-state index in [0.717, 1.165) is 6.07 Å². The Balaban J connectivity index is 2.38. The van der Waals surface area contributed by atoms with Crippen LogP contribution in [0.2, 0.25) is 5.02 Å². The Bertz CT molecular complexity index is 451. The lowest BCUT2D eigenvalue weighted by molar-refractivity contribution is -0.137. The molecule has 1 amide bonds. The molecule has 6 heteroatoms. The zero-order chi connectivity index (χ0) is 13.5. The SMILES string of the molecule is O=C(O)CCCNC(=O)Cc1ccc(Cl)cc1F. The number of carboxylic acid groups (broad SMARTS) is 1. The molecule has 0 saturated heterocycles. The normalized spacial score (nSPS) is 10.1. The molecule has 1 aromatic rings. The van der Waals surface area contributed by atoms with E-state index in [1.54, 1.807) is 0 Å². The topological polar surface area (TPSA) is 66.4 Å². The number of rotatable bonds is 6. The number of nitrogens with one attached hydrogen (secondary N) is 1. The van der Waals surface area contributed by atoms with Gasteiger partial charge in [-0.2, -0.15) is 0 Å². The van der Waals surface area contributed by atoms with Crippen molar-refractivity contribution in [2.24, 2.45) is 0 Å². The second-order valence-corrected chi connectivity index (χ2v) is 4.20. The first-order chi connectivity index (χ1) is 8.49. The highest BCUT2D eigenvalue weighted by Crippen LogP contribution is 2.14. The number of carboxylic acids is 1. The van der Waals surface area contributed by atoms with Crippen LogP contribution in [-0.2, 0) is 16.0 Å². The highest BCUT2D eigenvalue weighted by molar-refractivity contribution is 6.30. The van der Waals surface area contributed by atoms with Crippen LogP contribution >= 0.6 is 11.6 Å². The molecule has 0 saturated carbocycles. The number of carbonyl (C=O) groups is 2. The van der Waals surface area contributed by atoms with E-state index in [-0.39, 0.29) is 35.9 Å². The summed E-state index contributed by atoms with van der Waals surface area (Å²) in [6.45, 7) is 0.264. The first kappa shape index (κ1) is 14.4. The third-order valence-corrected chi connectivity index (χ3v) is 2.49. The molecule has 0 radical (unpaired) electrons. The first-order valence-corrected chi connectivity index (χ1v) is 5.79. The lowest BCUT2D eigenvalue weighted by Gasteiger charge is -2.05. The summed E-state index contributed by atoms with van der Waals surface area (Å²) in [5.41, 5.74) is 0.259. The Morgan fingerprint density at radius 1 is 1.39 bits per heavy atom. The van der Waals surface area contributed by atoms with Crippen molar-refractivity contribution in [1.29, 1.82) is 0 Å². The van der Waals surface area contributed by atoms with Crippen LogP contribution in [0, 0.1) is 5.82 Å². The van der Waals surface area contributed by atoms with Crippen molar-refractivity contribution < 1.29 is 19.1 Å². The van der Waals surface area contributed by atoms with Crippen LogP contribution in [-0.4, -0.2) is 23.5 Å². The molecule has 0 unspecified atom stereocenters. The number of amides is 1. The van der Waals surface area contributed by atoms with Crippen LogP contribution in [0.3, 0.4) is 0 Å². The minimum atomic E-state index is -0.909. The van der Waals surface area contributed by atoms with E-state index in [1.807, 2.05) is 0 Å². The van der Waals surface area contributed by atoms with E-state index in [1.165, 1.54) is 12.1 Å². The molecule has 0 spiro atoms. The van der Waals surface area contributed by atoms with Crippen molar-refractivity contribution in [2.45, 2.75) is 19.3 Å². The van der Waals surface area contributed by atoms with Crippen molar-refractivity contribution in [3.8, 4) is 0 Å². The monoisotopic (exact) mass is 273 g/mol. The van der Waals surface area contributed by atoms with Crippen molar-refractivity contribution >= 4 is 23.5 Å². The molecular formula is C12H13ClFNO3. The van der Waals surface area contributed by atoms with Crippen LogP contribution in [0.15, 0.2) is 18.2 Å². The summed E-state index contributed by atoms with van der Waals surface area (Å²) in [5, 5.41) is 11.2. The highest BCUT2D eigenvalue weighted by atomic mass is 35.5. The maximum absolute atomic E-state index is 13.4. The average Bonchev–Trinajstić information content (AvgIpc) is 2.28. The largest absolute Gasteiger partial charge is 0.481 e. The lowest BCUT2D eigenvalue weighted by atomic mass is 10.1. The van der Waals surface area contributed by atoms with E-state index in [4.69, 9.17) is 16.7 Å². The minimum Gasteiger partial charge on any atom is -0.481 e. The van der Waals surface area contributed by atoms with Crippen molar-refractivity contribution in [1.82, 2.24) is 5.32 Å². The predicted octanol–water partition coefficient (Wildman–Crippen LogP) is 2.00. The first-order valence-electron chi connectivity index (χ1n) is 5.41. The average molecular weight is 274 g/mol. The molecule has 0 bridgehead atoms. The van der Waals surface area contributed by atoms with Crippen molar-refractivity contribution in [3.05, 3.63) is 34.6 Å². The van der Waals surface area contributed by atoms with Crippen molar-refractivity contribution in [2.75, 3.05) is 6.54 Å². The van der Waals surface area contributed by atoms with Crippen LogP contribution in [0.1, 0.15) is 18.4 Å². The molecule has 0 atom stereocenters. The number of carbonyl (C=O) groups excluding carboxylic acids is 1. The molecule has 1 aromatic carbocycles. The quantitative estimate of drug-likeness (QED) is 0.779. The number of aliphatic carboxylic acids is 1. The Morgan fingerprint density at radius 3 is 2.72 bits per heavy atom. The molecule has 2 N–H and O–H groups in total. The zero-order valence-corrected chi connectivity index (χ0v) is 10.3. The van der Waals surface area contributed by atoms with Gasteiger partial charge in [0.05, 0.1) is 6.42 Å². The molecule has 18 heavy (non-hydrogen) atoms. The van der Waals surface area contributed by atoms with Crippen LogP contribution in [0.4, 0.5) is 4.39 Å². The van der Waals surface area contributed by atoms with Gasteiger partial charge < -0.3 is 10.4 Å². The number of hydrogen-bond donors (Lipinski definition) is 2. The maximum Gasteiger partial charge on any atom is 0.303 e. The van der Waals surface area contributed by atoms with E-state index >= 15 is 0 Å². The van der Waals surface area contributed by atoms with E-state index < -0.39 is 11.8 Å². The molecule has 98 valence electrons. The smallest absolute Gasteiger partial charge is 0.303 e. The summed E-state index contributed by atoms with van der Waals surface area (Å²) in [5.74, 6) is -1.78. The molecule has 4 nitrogen and oxygen atoms in total. The van der Waals surface area contributed by atoms with Gasteiger partial charge in [-0.15, -0.1) is 0 Å². The molecule has 0 heterocycles. The summed E-state index contributed by atoms with van der Waals surface area (Å²) >= 11 is 5.59. The molecule has 0 aromatic heterocycles. The van der Waals surface area contributed by atoms with Crippen LogP contribution in [0.5, 0.6) is 0 Å². The fraction of sp³-hybridized carbons (Fsp3) is 0.333. The molecule has 0 fully saturated rings. The third kappa shape index (κ3) is 5.14. The van der Waals surface area contributed by atoms with Gasteiger partial charge in [-0.1, -0.05) is 17.7 Å². The molecule has 1 rings (SSSR count). The van der Waals surface area contributed by atoms with Gasteiger partial charge in [0.2, 0.25) is 5.91 Å². The lowest BCUT2D eigenvalue weighted by Crippen LogP contribution is -2.26.